The fourth-order valence-corrected chi connectivity index (χ4v) is 1.46. The van der Waals surface area contributed by atoms with E-state index in [0.29, 0.717) is 6.61 Å². The van der Waals surface area contributed by atoms with Gasteiger partial charge in [-0.25, -0.2) is 10.2 Å². The van der Waals surface area contributed by atoms with E-state index in [1.807, 2.05) is 24.3 Å². The van der Waals surface area contributed by atoms with Gasteiger partial charge in [0.05, 0.1) is 12.3 Å². The van der Waals surface area contributed by atoms with Gasteiger partial charge in [0.25, 0.3) is 0 Å². The lowest BCUT2D eigenvalue weighted by molar-refractivity contribution is 0.154. The molecule has 0 unspecified atom stereocenters. The number of ether oxygens (including phenoxy) is 1. The van der Waals surface area contributed by atoms with Crippen molar-refractivity contribution in [2.45, 2.75) is 6.92 Å². The predicted octanol–water partition coefficient (Wildman–Crippen LogP) is 2.24. The van der Waals surface area contributed by atoms with Gasteiger partial charge in [-0.15, -0.1) is 0 Å². The van der Waals surface area contributed by atoms with Crippen LogP contribution in [0.4, 0.5) is 10.5 Å². The largest absolute Gasteiger partial charge is 0.449 e. The Morgan fingerprint density at radius 1 is 1.44 bits per heavy atom. The molecule has 0 atom stereocenters. The highest BCUT2D eigenvalue weighted by molar-refractivity contribution is 5.92. The van der Waals surface area contributed by atoms with E-state index in [1.54, 1.807) is 13.1 Å². The van der Waals surface area contributed by atoms with Crippen LogP contribution in [0.25, 0.3) is 10.9 Å². The fraction of sp³-hybridized carbons (Fsp3) is 0.182. The number of benzene rings is 1. The molecular formula is C11H13N3O2. The normalized spacial score (nSPS) is 10.1. The van der Waals surface area contributed by atoms with Gasteiger partial charge in [0, 0.05) is 17.1 Å². The summed E-state index contributed by atoms with van der Waals surface area (Å²) in [6.07, 6.45) is 1.30. The molecule has 0 radical (unpaired) electrons. The number of carbonyl (C=O) groups is 1. The van der Waals surface area contributed by atoms with Crippen LogP contribution >= 0.6 is 0 Å². The molecule has 0 fully saturated rings. The number of hydrazine groups is 1. The maximum absolute atomic E-state index is 11.1. The molecular weight excluding hydrogens is 206 g/mol. The first-order valence-electron chi connectivity index (χ1n) is 5.06. The Hall–Kier alpha value is -2.17. The third-order valence-electron chi connectivity index (χ3n) is 2.16. The zero-order valence-electron chi connectivity index (χ0n) is 8.91. The monoisotopic (exact) mass is 219 g/mol. The number of para-hydroxylation sites is 1. The molecule has 0 aliphatic rings. The summed E-state index contributed by atoms with van der Waals surface area (Å²) in [6.45, 7) is 2.10. The summed E-state index contributed by atoms with van der Waals surface area (Å²) in [7, 11) is 0. The number of hydrogen-bond acceptors (Lipinski definition) is 3. The molecule has 0 aliphatic heterocycles. The molecule has 84 valence electrons. The lowest BCUT2D eigenvalue weighted by Gasteiger charge is -2.06. The van der Waals surface area contributed by atoms with Crippen molar-refractivity contribution in [3.63, 3.8) is 0 Å². The van der Waals surface area contributed by atoms with Crippen molar-refractivity contribution >= 4 is 22.7 Å². The molecule has 2 aromatic rings. The van der Waals surface area contributed by atoms with Gasteiger partial charge in [-0.1, -0.05) is 18.2 Å². The van der Waals surface area contributed by atoms with Crippen molar-refractivity contribution in [1.29, 1.82) is 0 Å². The number of fused-ring (bicyclic) bond motifs is 1. The van der Waals surface area contributed by atoms with Crippen LogP contribution in [0.3, 0.4) is 0 Å². The molecule has 0 spiro atoms. The van der Waals surface area contributed by atoms with Crippen LogP contribution in [0.15, 0.2) is 30.5 Å². The minimum Gasteiger partial charge on any atom is -0.449 e. The number of H-pyrrole nitrogens is 1. The zero-order chi connectivity index (χ0) is 11.4. The highest BCUT2D eigenvalue weighted by Crippen LogP contribution is 2.21. The van der Waals surface area contributed by atoms with E-state index >= 15 is 0 Å². The SMILES string of the molecule is CCOC(=O)NNc1c[nH]c2ccccc12. The standard InChI is InChI=1S/C11H13N3O2/c1-2-16-11(15)14-13-10-7-12-9-6-4-3-5-8(9)10/h3-7,12-13H,2H2,1H3,(H,14,15). The van der Waals surface area contributed by atoms with E-state index in [1.165, 1.54) is 0 Å². The third kappa shape index (κ3) is 2.08. The maximum Gasteiger partial charge on any atom is 0.425 e. The highest BCUT2D eigenvalue weighted by Gasteiger charge is 2.03. The number of nitrogens with one attached hydrogen (secondary N) is 3. The average Bonchev–Trinajstić information content (AvgIpc) is 2.70. The van der Waals surface area contributed by atoms with Crippen LogP contribution in [0.1, 0.15) is 6.92 Å². The van der Waals surface area contributed by atoms with E-state index in [4.69, 9.17) is 4.74 Å². The van der Waals surface area contributed by atoms with Crippen LogP contribution in [0.5, 0.6) is 0 Å². The Labute approximate surface area is 92.8 Å². The fourth-order valence-electron chi connectivity index (χ4n) is 1.46. The molecule has 16 heavy (non-hydrogen) atoms. The lowest BCUT2D eigenvalue weighted by Crippen LogP contribution is -2.29. The van der Waals surface area contributed by atoms with Gasteiger partial charge in [0.15, 0.2) is 0 Å². The van der Waals surface area contributed by atoms with E-state index < -0.39 is 6.09 Å². The third-order valence-corrected chi connectivity index (χ3v) is 2.16. The van der Waals surface area contributed by atoms with Crippen molar-refractivity contribution in [3.05, 3.63) is 30.5 Å². The van der Waals surface area contributed by atoms with Crippen LogP contribution in [-0.2, 0) is 4.74 Å². The predicted molar refractivity (Wildman–Crippen MR) is 62.1 cm³/mol. The summed E-state index contributed by atoms with van der Waals surface area (Å²) in [6, 6.07) is 7.80. The number of amides is 1. The molecule has 1 aromatic heterocycles. The number of aromatic amines is 1. The molecule has 1 amide bonds. The second-order valence-corrected chi connectivity index (χ2v) is 3.22. The molecule has 5 heteroatoms. The molecule has 1 aromatic carbocycles. The summed E-state index contributed by atoms with van der Waals surface area (Å²) in [5, 5.41) is 1.01. The summed E-state index contributed by atoms with van der Waals surface area (Å²) >= 11 is 0. The first-order chi connectivity index (χ1) is 7.81. The number of aromatic nitrogens is 1. The van der Waals surface area contributed by atoms with Crippen molar-refractivity contribution in [1.82, 2.24) is 10.4 Å². The highest BCUT2D eigenvalue weighted by atomic mass is 16.5. The van der Waals surface area contributed by atoms with Crippen LogP contribution in [0, 0.1) is 0 Å². The first kappa shape index (κ1) is 10.4. The molecule has 0 saturated heterocycles. The topological polar surface area (TPSA) is 66.2 Å². The zero-order valence-corrected chi connectivity index (χ0v) is 8.91. The Bertz CT molecular complexity index is 493. The van der Waals surface area contributed by atoms with E-state index in [-0.39, 0.29) is 0 Å². The lowest BCUT2D eigenvalue weighted by atomic mass is 10.2. The van der Waals surface area contributed by atoms with Crippen molar-refractivity contribution in [3.8, 4) is 0 Å². The first-order valence-corrected chi connectivity index (χ1v) is 5.06. The van der Waals surface area contributed by atoms with E-state index in [9.17, 15) is 4.79 Å². The average molecular weight is 219 g/mol. The van der Waals surface area contributed by atoms with Gasteiger partial charge >= 0.3 is 6.09 Å². The second kappa shape index (κ2) is 4.57. The van der Waals surface area contributed by atoms with E-state index in [2.05, 4.69) is 15.8 Å². The van der Waals surface area contributed by atoms with Gasteiger partial charge in [0.1, 0.15) is 0 Å². The van der Waals surface area contributed by atoms with Crippen molar-refractivity contribution < 1.29 is 9.53 Å². The minimum atomic E-state index is -0.493. The Balaban J connectivity index is 2.07. The maximum atomic E-state index is 11.1. The molecule has 1 heterocycles. The number of carbonyl (C=O) groups excluding carboxylic acids is 1. The number of rotatable bonds is 3. The van der Waals surface area contributed by atoms with E-state index in [0.717, 1.165) is 16.6 Å². The van der Waals surface area contributed by atoms with Gasteiger partial charge in [-0.3, -0.25) is 5.43 Å². The molecule has 0 bridgehead atoms. The van der Waals surface area contributed by atoms with Crippen molar-refractivity contribution in [2.24, 2.45) is 0 Å². The van der Waals surface area contributed by atoms with Crippen LogP contribution in [0.2, 0.25) is 0 Å². The Morgan fingerprint density at radius 2 is 2.25 bits per heavy atom. The van der Waals surface area contributed by atoms with Crippen molar-refractivity contribution in [2.75, 3.05) is 12.0 Å². The minimum absolute atomic E-state index is 0.349. The van der Waals surface area contributed by atoms with Gasteiger partial charge in [0.2, 0.25) is 0 Å². The number of anilines is 1. The smallest absolute Gasteiger partial charge is 0.425 e. The Kier molecular flexibility index (Phi) is 2.95. The molecule has 0 saturated carbocycles. The van der Waals surface area contributed by atoms with Crippen LogP contribution in [-0.4, -0.2) is 17.7 Å². The molecule has 5 nitrogen and oxygen atoms in total. The summed E-state index contributed by atoms with van der Waals surface area (Å²) < 4.78 is 4.73. The molecule has 3 N–H and O–H groups in total. The quantitative estimate of drug-likeness (QED) is 0.693. The van der Waals surface area contributed by atoms with Gasteiger partial charge < -0.3 is 9.72 Å². The molecule has 0 aliphatic carbocycles. The molecule has 2 rings (SSSR count). The van der Waals surface area contributed by atoms with Gasteiger partial charge in [-0.2, -0.15) is 0 Å². The number of hydrogen-bond donors (Lipinski definition) is 3. The van der Waals surface area contributed by atoms with Crippen LogP contribution < -0.4 is 10.9 Å². The summed E-state index contributed by atoms with van der Waals surface area (Å²) in [4.78, 5) is 14.2. The second-order valence-electron chi connectivity index (χ2n) is 3.22. The van der Waals surface area contributed by atoms with Gasteiger partial charge in [-0.05, 0) is 13.0 Å². The Morgan fingerprint density at radius 3 is 3.06 bits per heavy atom. The summed E-state index contributed by atoms with van der Waals surface area (Å²) in [5.41, 5.74) is 7.06. The summed E-state index contributed by atoms with van der Waals surface area (Å²) in [5.74, 6) is 0.